The molecule has 0 aliphatic rings. The quantitative estimate of drug-likeness (QED) is 0.239. The number of rotatable bonds is 0. The van der Waals surface area contributed by atoms with Crippen LogP contribution in [-0.4, -0.2) is 8.80 Å². The molecule has 0 radical (unpaired) electrons. The van der Waals surface area contributed by atoms with Crippen LogP contribution in [0.5, 0.6) is 0 Å². The monoisotopic (exact) mass is 386 g/mol. The first-order valence-corrected chi connectivity index (χ1v) is 10.6. The highest BCUT2D eigenvalue weighted by molar-refractivity contribution is 6.21. The van der Waals surface area contributed by atoms with Crippen molar-refractivity contribution in [1.82, 2.24) is 8.80 Å². The summed E-state index contributed by atoms with van der Waals surface area (Å²) in [4.78, 5) is 0. The number of nitrogens with zero attached hydrogens (tertiary/aromatic N) is 2. The molecule has 7 rings (SSSR count). The summed E-state index contributed by atoms with van der Waals surface area (Å²) in [5, 5.41) is 5.35. The van der Waals surface area contributed by atoms with Gasteiger partial charge in [-0.3, -0.25) is 0 Å². The molecule has 30 heavy (non-hydrogen) atoms. The van der Waals surface area contributed by atoms with E-state index < -0.39 is 0 Å². The van der Waals surface area contributed by atoms with Crippen LogP contribution in [0.3, 0.4) is 0 Å². The molecule has 4 aromatic carbocycles. The Balaban J connectivity index is 1.93. The van der Waals surface area contributed by atoms with Crippen LogP contribution < -0.4 is 0 Å². The van der Waals surface area contributed by atoms with Crippen LogP contribution in [-0.2, 0) is 0 Å². The molecular formula is C28H22N2. The van der Waals surface area contributed by atoms with Crippen molar-refractivity contribution in [2.45, 2.75) is 27.7 Å². The summed E-state index contributed by atoms with van der Waals surface area (Å²) in [7, 11) is 0. The Morgan fingerprint density at radius 1 is 0.433 bits per heavy atom. The van der Waals surface area contributed by atoms with Gasteiger partial charge in [0.25, 0.3) is 0 Å². The zero-order valence-corrected chi connectivity index (χ0v) is 17.7. The summed E-state index contributed by atoms with van der Waals surface area (Å²) in [6, 6.07) is 23.0. The fraction of sp³-hybridized carbons (Fsp3) is 0.143. The Kier molecular flexibility index (Phi) is 2.79. The summed E-state index contributed by atoms with van der Waals surface area (Å²) < 4.78 is 4.99. The van der Waals surface area contributed by atoms with Crippen LogP contribution in [0.15, 0.2) is 60.7 Å². The van der Waals surface area contributed by atoms with Gasteiger partial charge in [-0.2, -0.15) is 0 Å². The standard InChI is InChI=1S/C28H22N2/c1-15-11-21-19-7-5-9-23-27(19)29(25(21)13-17(15)3)24-10-6-8-20-22-12-16(2)18(4)14-26(22)30(23)28(20)24/h5-14H,1-4H3. The smallest absolute Gasteiger partial charge is 0.0783 e. The second kappa shape index (κ2) is 5.14. The SMILES string of the molecule is Cc1cc2c3cccc4c3n(c2cc1C)c1cccc2c3cc(C)c(C)cc3n4c21. The molecule has 144 valence electrons. The van der Waals surface area contributed by atoms with Gasteiger partial charge >= 0.3 is 0 Å². The van der Waals surface area contributed by atoms with Gasteiger partial charge in [0.1, 0.15) is 0 Å². The van der Waals surface area contributed by atoms with Crippen LogP contribution in [0, 0.1) is 27.7 Å². The lowest BCUT2D eigenvalue weighted by molar-refractivity contribution is 1.24. The van der Waals surface area contributed by atoms with Crippen molar-refractivity contribution in [3.05, 3.63) is 82.9 Å². The van der Waals surface area contributed by atoms with E-state index in [1.807, 2.05) is 0 Å². The fourth-order valence-corrected chi connectivity index (χ4v) is 5.47. The zero-order valence-electron chi connectivity index (χ0n) is 17.7. The molecule has 0 aliphatic carbocycles. The number of fused-ring (bicyclic) bond motifs is 8. The van der Waals surface area contributed by atoms with E-state index >= 15 is 0 Å². The predicted octanol–water partition coefficient (Wildman–Crippen LogP) is 7.48. The molecule has 0 N–H and O–H groups in total. The van der Waals surface area contributed by atoms with Gasteiger partial charge in [0.15, 0.2) is 0 Å². The minimum atomic E-state index is 1.28. The van der Waals surface area contributed by atoms with Gasteiger partial charge in [-0.05, 0) is 86.3 Å². The average Bonchev–Trinajstić information content (AvgIpc) is 3.22. The largest absolute Gasteiger partial charge is 0.305 e. The Morgan fingerprint density at radius 3 is 1.27 bits per heavy atom. The lowest BCUT2D eigenvalue weighted by Gasteiger charge is -2.11. The number of benzene rings is 4. The van der Waals surface area contributed by atoms with Gasteiger partial charge in [0, 0.05) is 21.5 Å². The Labute approximate surface area is 174 Å². The van der Waals surface area contributed by atoms with Gasteiger partial charge in [-0.25, -0.2) is 0 Å². The summed E-state index contributed by atoms with van der Waals surface area (Å²) in [5.74, 6) is 0. The highest BCUT2D eigenvalue weighted by atomic mass is 15.0. The molecule has 0 bridgehead atoms. The van der Waals surface area contributed by atoms with Gasteiger partial charge in [0.05, 0.1) is 33.1 Å². The van der Waals surface area contributed by atoms with Crippen LogP contribution >= 0.6 is 0 Å². The molecule has 0 saturated heterocycles. The van der Waals surface area contributed by atoms with Crippen molar-refractivity contribution in [1.29, 1.82) is 0 Å². The van der Waals surface area contributed by atoms with Crippen molar-refractivity contribution in [2.75, 3.05) is 0 Å². The number of aryl methyl sites for hydroxylation is 4. The number of hydrogen-bond donors (Lipinski definition) is 0. The lowest BCUT2D eigenvalue weighted by Crippen LogP contribution is -1.97. The highest BCUT2D eigenvalue weighted by Crippen LogP contribution is 2.41. The van der Waals surface area contributed by atoms with Gasteiger partial charge in [-0.15, -0.1) is 0 Å². The van der Waals surface area contributed by atoms with E-state index in [1.165, 1.54) is 76.9 Å². The third-order valence-electron chi connectivity index (χ3n) is 7.24. The first-order valence-electron chi connectivity index (χ1n) is 10.6. The van der Waals surface area contributed by atoms with E-state index in [-0.39, 0.29) is 0 Å². The van der Waals surface area contributed by atoms with E-state index in [0.29, 0.717) is 0 Å². The average molecular weight is 386 g/mol. The summed E-state index contributed by atoms with van der Waals surface area (Å²) in [6.07, 6.45) is 0. The molecule has 0 aliphatic heterocycles. The molecule has 2 nitrogen and oxygen atoms in total. The molecular weight excluding hydrogens is 364 g/mol. The van der Waals surface area contributed by atoms with Crippen molar-refractivity contribution in [3.8, 4) is 0 Å². The third-order valence-corrected chi connectivity index (χ3v) is 7.24. The maximum atomic E-state index is 2.49. The summed E-state index contributed by atoms with van der Waals surface area (Å²) >= 11 is 0. The Hall–Kier alpha value is -3.52. The maximum absolute atomic E-state index is 2.49. The first kappa shape index (κ1) is 16.3. The number of hydrogen-bond acceptors (Lipinski definition) is 0. The number of aromatic nitrogens is 2. The zero-order chi connectivity index (χ0) is 20.3. The van der Waals surface area contributed by atoms with Crippen molar-refractivity contribution < 1.29 is 0 Å². The van der Waals surface area contributed by atoms with E-state index in [4.69, 9.17) is 0 Å². The van der Waals surface area contributed by atoms with Crippen molar-refractivity contribution >= 4 is 54.6 Å². The first-order chi connectivity index (χ1) is 14.5. The van der Waals surface area contributed by atoms with Crippen LogP contribution in [0.4, 0.5) is 0 Å². The van der Waals surface area contributed by atoms with Crippen LogP contribution in [0.25, 0.3) is 54.6 Å². The van der Waals surface area contributed by atoms with Crippen molar-refractivity contribution in [2.24, 2.45) is 0 Å². The minimum Gasteiger partial charge on any atom is -0.305 e. The fourth-order valence-electron chi connectivity index (χ4n) is 5.47. The second-order valence-electron chi connectivity index (χ2n) is 8.92. The molecule has 3 heterocycles. The van der Waals surface area contributed by atoms with E-state index in [0.717, 1.165) is 0 Å². The molecule has 0 unspecified atom stereocenters. The summed E-state index contributed by atoms with van der Waals surface area (Å²) in [5.41, 5.74) is 13.2. The topological polar surface area (TPSA) is 8.82 Å². The maximum Gasteiger partial charge on any atom is 0.0783 e. The minimum absolute atomic E-state index is 1.28. The Morgan fingerprint density at radius 2 is 0.833 bits per heavy atom. The van der Waals surface area contributed by atoms with E-state index in [2.05, 4.69) is 97.2 Å². The molecule has 2 heteroatoms. The highest BCUT2D eigenvalue weighted by Gasteiger charge is 2.21. The molecule has 0 spiro atoms. The second-order valence-corrected chi connectivity index (χ2v) is 8.92. The Bertz CT molecular complexity index is 1690. The number of para-hydroxylation sites is 2. The van der Waals surface area contributed by atoms with E-state index in [1.54, 1.807) is 0 Å². The molecule has 0 fully saturated rings. The van der Waals surface area contributed by atoms with Gasteiger partial charge in [0.2, 0.25) is 0 Å². The van der Waals surface area contributed by atoms with Crippen molar-refractivity contribution in [3.63, 3.8) is 0 Å². The molecule has 0 atom stereocenters. The molecule has 7 aromatic rings. The molecule has 0 amide bonds. The van der Waals surface area contributed by atoms with Gasteiger partial charge < -0.3 is 8.80 Å². The molecule has 0 saturated carbocycles. The van der Waals surface area contributed by atoms with Crippen LogP contribution in [0.1, 0.15) is 22.3 Å². The third kappa shape index (κ3) is 1.72. The van der Waals surface area contributed by atoms with Crippen LogP contribution in [0.2, 0.25) is 0 Å². The predicted molar refractivity (Wildman–Crippen MR) is 129 cm³/mol. The van der Waals surface area contributed by atoms with E-state index in [9.17, 15) is 0 Å². The summed E-state index contributed by atoms with van der Waals surface area (Å²) in [6.45, 7) is 8.85. The normalized spacial score (nSPS) is 12.7. The lowest BCUT2D eigenvalue weighted by atomic mass is 10.1. The molecule has 3 aromatic heterocycles. The van der Waals surface area contributed by atoms with Gasteiger partial charge in [-0.1, -0.05) is 24.3 Å².